The maximum Gasteiger partial charge on any atom is 0.338 e. The number of nitrogens with zero attached hydrogens (tertiary/aromatic N) is 2. The van der Waals surface area contributed by atoms with E-state index in [1.165, 1.54) is 10.9 Å². The summed E-state index contributed by atoms with van der Waals surface area (Å²) in [6.45, 7) is 2.24. The third kappa shape index (κ3) is 1.81. The number of halogens is 1. The first kappa shape index (κ1) is 10.0. The molecule has 13 heavy (non-hydrogen) atoms. The summed E-state index contributed by atoms with van der Waals surface area (Å²) in [4.78, 5) is 10.5. The van der Waals surface area contributed by atoms with E-state index in [4.69, 9.17) is 16.7 Å². The summed E-state index contributed by atoms with van der Waals surface area (Å²) in [5, 5.41) is 21.7. The van der Waals surface area contributed by atoms with Crippen LogP contribution < -0.4 is 0 Å². The molecule has 5 nitrogen and oxygen atoms in total. The highest BCUT2D eigenvalue weighted by Crippen LogP contribution is 2.22. The summed E-state index contributed by atoms with van der Waals surface area (Å²) in [6.07, 6.45) is -0.304. The second-order valence-corrected chi connectivity index (χ2v) is 2.84. The van der Waals surface area contributed by atoms with Gasteiger partial charge >= 0.3 is 5.97 Å². The molecule has 0 aliphatic carbocycles. The van der Waals surface area contributed by atoms with Gasteiger partial charge in [-0.3, -0.25) is 4.68 Å². The first-order chi connectivity index (χ1) is 6.07. The van der Waals surface area contributed by atoms with E-state index >= 15 is 0 Å². The smallest absolute Gasteiger partial charge is 0.338 e. The number of aliphatic hydroxyl groups excluding tert-OH is 1. The van der Waals surface area contributed by atoms with Gasteiger partial charge in [0, 0.05) is 6.54 Å². The Morgan fingerprint density at radius 2 is 2.46 bits per heavy atom. The molecule has 1 atom stereocenters. The summed E-state index contributed by atoms with van der Waals surface area (Å²) in [5.41, 5.74) is 0.122. The van der Waals surface area contributed by atoms with Crippen LogP contribution in [0.15, 0.2) is 6.20 Å². The number of carbonyl (C=O) groups is 1. The molecule has 1 aromatic heterocycles. The van der Waals surface area contributed by atoms with Crippen molar-refractivity contribution in [3.63, 3.8) is 0 Å². The molecule has 0 aliphatic rings. The van der Waals surface area contributed by atoms with Gasteiger partial charge in [0.2, 0.25) is 0 Å². The summed E-state index contributed by atoms with van der Waals surface area (Å²) in [7, 11) is 0. The largest absolute Gasteiger partial charge is 0.479 e. The Hall–Kier alpha value is -1.07. The minimum absolute atomic E-state index is 0.122. The molecule has 0 fully saturated rings. The normalized spacial score (nSPS) is 12.8. The Morgan fingerprint density at radius 3 is 2.92 bits per heavy atom. The van der Waals surface area contributed by atoms with Crippen molar-refractivity contribution in [2.45, 2.75) is 19.6 Å². The summed E-state index contributed by atoms with van der Waals surface area (Å²) in [5.74, 6) is -1.34. The van der Waals surface area contributed by atoms with Crippen LogP contribution in [0.4, 0.5) is 0 Å². The molecule has 0 spiro atoms. The minimum atomic E-state index is -1.62. The second kappa shape index (κ2) is 3.76. The van der Waals surface area contributed by atoms with Crippen LogP contribution in [0, 0.1) is 0 Å². The number of aryl methyl sites for hydroxylation is 1. The Bertz CT molecular complexity index is 324. The van der Waals surface area contributed by atoms with Crippen LogP contribution in [0.3, 0.4) is 0 Å². The Labute approximate surface area is 79.6 Å². The summed E-state index contributed by atoms with van der Waals surface area (Å²) >= 11 is 5.66. The first-order valence-corrected chi connectivity index (χ1v) is 4.07. The van der Waals surface area contributed by atoms with Gasteiger partial charge in [-0.1, -0.05) is 11.6 Å². The quantitative estimate of drug-likeness (QED) is 0.759. The van der Waals surface area contributed by atoms with Crippen molar-refractivity contribution in [2.24, 2.45) is 0 Å². The highest BCUT2D eigenvalue weighted by Gasteiger charge is 2.23. The van der Waals surface area contributed by atoms with Gasteiger partial charge in [-0.25, -0.2) is 4.79 Å². The molecule has 0 aromatic carbocycles. The molecule has 0 amide bonds. The maximum absolute atomic E-state index is 10.5. The second-order valence-electron chi connectivity index (χ2n) is 2.43. The monoisotopic (exact) mass is 204 g/mol. The summed E-state index contributed by atoms with van der Waals surface area (Å²) < 4.78 is 1.35. The van der Waals surface area contributed by atoms with E-state index in [-0.39, 0.29) is 10.7 Å². The van der Waals surface area contributed by atoms with E-state index in [1.54, 1.807) is 6.92 Å². The fourth-order valence-electron chi connectivity index (χ4n) is 1.01. The van der Waals surface area contributed by atoms with Gasteiger partial charge in [0.15, 0.2) is 6.10 Å². The fourth-order valence-corrected chi connectivity index (χ4v) is 1.26. The maximum atomic E-state index is 10.5. The molecule has 1 aromatic rings. The van der Waals surface area contributed by atoms with Crippen LogP contribution in [0.2, 0.25) is 5.02 Å². The van der Waals surface area contributed by atoms with Gasteiger partial charge in [-0.05, 0) is 6.92 Å². The Morgan fingerprint density at radius 1 is 1.85 bits per heavy atom. The van der Waals surface area contributed by atoms with Crippen molar-refractivity contribution in [2.75, 3.05) is 0 Å². The third-order valence-electron chi connectivity index (χ3n) is 1.63. The number of hydrogen-bond acceptors (Lipinski definition) is 3. The van der Waals surface area contributed by atoms with E-state index in [2.05, 4.69) is 5.10 Å². The van der Waals surface area contributed by atoms with Gasteiger partial charge in [-0.15, -0.1) is 0 Å². The topological polar surface area (TPSA) is 75.3 Å². The summed E-state index contributed by atoms with van der Waals surface area (Å²) in [6, 6.07) is 0. The standard InChI is InChI=1S/C7H9ClN2O3/c1-2-10-5(4(8)3-9-10)6(11)7(12)13/h3,6,11H,2H2,1H3,(H,12,13). The van der Waals surface area contributed by atoms with Crippen LogP contribution in [0.5, 0.6) is 0 Å². The van der Waals surface area contributed by atoms with E-state index in [0.717, 1.165) is 0 Å². The van der Waals surface area contributed by atoms with Crippen molar-refractivity contribution < 1.29 is 15.0 Å². The molecular weight excluding hydrogens is 196 g/mol. The molecule has 2 N–H and O–H groups in total. The highest BCUT2D eigenvalue weighted by atomic mass is 35.5. The average molecular weight is 205 g/mol. The number of rotatable bonds is 3. The number of aliphatic carboxylic acids is 1. The SMILES string of the molecule is CCn1ncc(Cl)c1C(O)C(=O)O. The van der Waals surface area contributed by atoms with Crippen molar-refractivity contribution in [3.05, 3.63) is 16.9 Å². The van der Waals surface area contributed by atoms with E-state index in [9.17, 15) is 9.90 Å². The molecule has 6 heteroatoms. The lowest BCUT2D eigenvalue weighted by molar-refractivity contribution is -0.147. The minimum Gasteiger partial charge on any atom is -0.479 e. The van der Waals surface area contributed by atoms with E-state index in [0.29, 0.717) is 6.54 Å². The van der Waals surface area contributed by atoms with E-state index < -0.39 is 12.1 Å². The zero-order chi connectivity index (χ0) is 10.0. The lowest BCUT2D eigenvalue weighted by Crippen LogP contribution is -2.16. The number of aliphatic hydroxyl groups is 1. The van der Waals surface area contributed by atoms with Gasteiger partial charge in [-0.2, -0.15) is 5.10 Å². The van der Waals surface area contributed by atoms with Crippen LogP contribution in [-0.2, 0) is 11.3 Å². The molecule has 72 valence electrons. The predicted molar refractivity (Wildman–Crippen MR) is 45.5 cm³/mol. The first-order valence-electron chi connectivity index (χ1n) is 3.70. The van der Waals surface area contributed by atoms with Crippen LogP contribution in [0.1, 0.15) is 18.7 Å². The zero-order valence-electron chi connectivity index (χ0n) is 6.94. The average Bonchev–Trinajstić information content (AvgIpc) is 2.45. The molecule has 1 heterocycles. The molecule has 0 saturated carbocycles. The molecular formula is C7H9ClN2O3. The number of aromatic nitrogens is 2. The third-order valence-corrected chi connectivity index (χ3v) is 1.92. The number of hydrogen-bond donors (Lipinski definition) is 2. The van der Waals surface area contributed by atoms with Gasteiger partial charge in [0.05, 0.1) is 16.9 Å². The predicted octanol–water partition coefficient (Wildman–Crippen LogP) is 0.674. The molecule has 0 saturated heterocycles. The van der Waals surface area contributed by atoms with Crippen molar-refractivity contribution in [3.8, 4) is 0 Å². The Kier molecular flexibility index (Phi) is 2.90. The lowest BCUT2D eigenvalue weighted by atomic mass is 10.2. The van der Waals surface area contributed by atoms with Gasteiger partial charge in [0.1, 0.15) is 0 Å². The van der Waals surface area contributed by atoms with Crippen LogP contribution in [0.25, 0.3) is 0 Å². The molecule has 0 bridgehead atoms. The van der Waals surface area contributed by atoms with Crippen molar-refractivity contribution in [1.82, 2.24) is 9.78 Å². The highest BCUT2D eigenvalue weighted by molar-refractivity contribution is 6.31. The number of carboxylic acids is 1. The van der Waals surface area contributed by atoms with Crippen LogP contribution in [-0.4, -0.2) is 26.0 Å². The van der Waals surface area contributed by atoms with Gasteiger partial charge in [0.25, 0.3) is 0 Å². The number of carboxylic acid groups (broad SMARTS) is 1. The molecule has 0 aliphatic heterocycles. The lowest BCUT2D eigenvalue weighted by Gasteiger charge is -2.07. The van der Waals surface area contributed by atoms with Crippen molar-refractivity contribution in [1.29, 1.82) is 0 Å². The van der Waals surface area contributed by atoms with Crippen LogP contribution >= 0.6 is 11.6 Å². The van der Waals surface area contributed by atoms with Gasteiger partial charge < -0.3 is 10.2 Å². The fraction of sp³-hybridized carbons (Fsp3) is 0.429. The molecule has 1 unspecified atom stereocenters. The molecule has 0 radical (unpaired) electrons. The van der Waals surface area contributed by atoms with Crippen molar-refractivity contribution >= 4 is 17.6 Å². The van der Waals surface area contributed by atoms with E-state index in [1.807, 2.05) is 0 Å². The zero-order valence-corrected chi connectivity index (χ0v) is 7.69. The molecule has 1 rings (SSSR count). The Balaban J connectivity index is 3.10.